The van der Waals surface area contributed by atoms with Gasteiger partial charge in [0.15, 0.2) is 0 Å². The molecule has 1 saturated heterocycles. The van der Waals surface area contributed by atoms with Crippen LogP contribution in [0, 0.1) is 6.92 Å². The van der Waals surface area contributed by atoms with Crippen LogP contribution in [-0.4, -0.2) is 33.7 Å². The highest BCUT2D eigenvalue weighted by Crippen LogP contribution is 2.26. The molecular formula is C18H24N2O. The van der Waals surface area contributed by atoms with Gasteiger partial charge in [-0.05, 0) is 57.4 Å². The third-order valence-corrected chi connectivity index (χ3v) is 4.42. The summed E-state index contributed by atoms with van der Waals surface area (Å²) in [4.78, 5) is 7.14. The van der Waals surface area contributed by atoms with E-state index in [1.807, 2.05) is 13.0 Å². The van der Waals surface area contributed by atoms with Crippen LogP contribution in [0.25, 0.3) is 10.9 Å². The van der Waals surface area contributed by atoms with Gasteiger partial charge in [-0.3, -0.25) is 9.88 Å². The normalized spacial score (nSPS) is 21.0. The SMILES string of the molecule is Cc1cc(CN2CCCC2CC(C)O)c2ccccc2n1. The number of para-hydroxylation sites is 1. The number of aryl methyl sites for hydroxylation is 1. The van der Waals surface area contributed by atoms with Gasteiger partial charge in [0.1, 0.15) is 0 Å². The van der Waals surface area contributed by atoms with Crippen LogP contribution in [0.5, 0.6) is 0 Å². The first-order chi connectivity index (χ1) is 10.1. The van der Waals surface area contributed by atoms with Crippen molar-refractivity contribution in [1.82, 2.24) is 9.88 Å². The van der Waals surface area contributed by atoms with Gasteiger partial charge in [-0.2, -0.15) is 0 Å². The molecule has 3 heteroatoms. The van der Waals surface area contributed by atoms with Crippen LogP contribution in [0.1, 0.15) is 37.4 Å². The van der Waals surface area contributed by atoms with E-state index in [4.69, 9.17) is 0 Å². The van der Waals surface area contributed by atoms with Gasteiger partial charge < -0.3 is 5.11 Å². The van der Waals surface area contributed by atoms with Gasteiger partial charge in [0.2, 0.25) is 0 Å². The third kappa shape index (κ3) is 3.25. The molecule has 0 amide bonds. The van der Waals surface area contributed by atoms with Crippen molar-refractivity contribution in [2.24, 2.45) is 0 Å². The van der Waals surface area contributed by atoms with Gasteiger partial charge in [0.25, 0.3) is 0 Å². The molecule has 0 aliphatic carbocycles. The molecule has 1 aromatic carbocycles. The zero-order valence-corrected chi connectivity index (χ0v) is 12.9. The second-order valence-electron chi connectivity index (χ2n) is 6.29. The van der Waals surface area contributed by atoms with Gasteiger partial charge in [0.05, 0.1) is 11.6 Å². The van der Waals surface area contributed by atoms with Crippen molar-refractivity contribution in [3.63, 3.8) is 0 Å². The summed E-state index contributed by atoms with van der Waals surface area (Å²) in [6, 6.07) is 11.1. The van der Waals surface area contributed by atoms with Gasteiger partial charge in [-0.15, -0.1) is 0 Å². The van der Waals surface area contributed by atoms with Crippen LogP contribution < -0.4 is 0 Å². The van der Waals surface area contributed by atoms with E-state index in [1.165, 1.54) is 23.8 Å². The number of likely N-dealkylation sites (tertiary alicyclic amines) is 1. The summed E-state index contributed by atoms with van der Waals surface area (Å²) in [5.74, 6) is 0. The molecule has 0 spiro atoms. The van der Waals surface area contributed by atoms with Crippen LogP contribution >= 0.6 is 0 Å². The quantitative estimate of drug-likeness (QED) is 0.936. The smallest absolute Gasteiger partial charge is 0.0708 e. The van der Waals surface area contributed by atoms with Crippen LogP contribution in [0.15, 0.2) is 30.3 Å². The number of pyridine rings is 1. The van der Waals surface area contributed by atoms with Gasteiger partial charge >= 0.3 is 0 Å². The molecule has 0 radical (unpaired) electrons. The minimum absolute atomic E-state index is 0.216. The van der Waals surface area contributed by atoms with E-state index in [9.17, 15) is 5.11 Å². The van der Waals surface area contributed by atoms with Crippen molar-refractivity contribution in [2.45, 2.75) is 51.8 Å². The number of aromatic nitrogens is 1. The van der Waals surface area contributed by atoms with Crippen molar-refractivity contribution >= 4 is 10.9 Å². The molecule has 3 rings (SSSR count). The molecule has 0 saturated carbocycles. The van der Waals surface area contributed by atoms with E-state index in [0.29, 0.717) is 6.04 Å². The minimum Gasteiger partial charge on any atom is -0.393 e. The van der Waals surface area contributed by atoms with Crippen molar-refractivity contribution in [3.8, 4) is 0 Å². The summed E-state index contributed by atoms with van der Waals surface area (Å²) < 4.78 is 0. The fourth-order valence-corrected chi connectivity index (χ4v) is 3.51. The lowest BCUT2D eigenvalue weighted by atomic mass is 10.0. The number of aliphatic hydroxyl groups is 1. The maximum Gasteiger partial charge on any atom is 0.0708 e. The first kappa shape index (κ1) is 14.5. The number of rotatable bonds is 4. The second kappa shape index (κ2) is 6.12. The highest BCUT2D eigenvalue weighted by Gasteiger charge is 2.26. The van der Waals surface area contributed by atoms with Crippen molar-refractivity contribution < 1.29 is 5.11 Å². The monoisotopic (exact) mass is 284 g/mol. The Kier molecular flexibility index (Phi) is 4.22. The predicted molar refractivity (Wildman–Crippen MR) is 86.2 cm³/mol. The van der Waals surface area contributed by atoms with Crippen LogP contribution in [0.3, 0.4) is 0 Å². The Morgan fingerprint density at radius 3 is 3.00 bits per heavy atom. The molecule has 112 valence electrons. The summed E-state index contributed by atoms with van der Waals surface area (Å²) in [6.07, 6.45) is 3.10. The predicted octanol–water partition coefficient (Wildman–Crippen LogP) is 3.28. The number of fused-ring (bicyclic) bond motifs is 1. The molecular weight excluding hydrogens is 260 g/mol. The molecule has 1 aromatic heterocycles. The number of benzene rings is 1. The Morgan fingerprint density at radius 1 is 1.38 bits per heavy atom. The number of aliphatic hydroxyl groups excluding tert-OH is 1. The lowest BCUT2D eigenvalue weighted by Gasteiger charge is -2.26. The zero-order chi connectivity index (χ0) is 14.8. The van der Waals surface area contributed by atoms with Crippen molar-refractivity contribution in [3.05, 3.63) is 41.6 Å². The molecule has 0 bridgehead atoms. The standard InChI is InChI=1S/C18H24N2O/c1-13-10-15(17-7-3-4-8-18(17)19-13)12-20-9-5-6-16(20)11-14(2)21/h3-4,7-8,10,14,16,21H,5-6,9,11-12H2,1-2H3. The zero-order valence-electron chi connectivity index (χ0n) is 12.9. The number of hydrogen-bond acceptors (Lipinski definition) is 3. The maximum atomic E-state index is 9.68. The molecule has 1 aliphatic heterocycles. The van der Waals surface area contributed by atoms with E-state index in [-0.39, 0.29) is 6.10 Å². The van der Waals surface area contributed by atoms with E-state index in [1.54, 1.807) is 0 Å². The first-order valence-electron chi connectivity index (χ1n) is 7.91. The van der Waals surface area contributed by atoms with Crippen molar-refractivity contribution in [1.29, 1.82) is 0 Å². The van der Waals surface area contributed by atoms with Crippen LogP contribution in [0.2, 0.25) is 0 Å². The highest BCUT2D eigenvalue weighted by atomic mass is 16.3. The fraction of sp³-hybridized carbons (Fsp3) is 0.500. The van der Waals surface area contributed by atoms with E-state index in [2.05, 4.69) is 41.1 Å². The average molecular weight is 284 g/mol. The highest BCUT2D eigenvalue weighted by molar-refractivity contribution is 5.82. The molecule has 1 aliphatic rings. The summed E-state index contributed by atoms with van der Waals surface area (Å²) in [5.41, 5.74) is 3.52. The van der Waals surface area contributed by atoms with E-state index < -0.39 is 0 Å². The minimum atomic E-state index is -0.216. The molecule has 2 aromatic rings. The Balaban J connectivity index is 1.87. The lowest BCUT2D eigenvalue weighted by Crippen LogP contribution is -2.31. The van der Waals surface area contributed by atoms with E-state index >= 15 is 0 Å². The fourth-order valence-electron chi connectivity index (χ4n) is 3.51. The summed E-state index contributed by atoms with van der Waals surface area (Å²) in [5, 5.41) is 10.9. The van der Waals surface area contributed by atoms with Gasteiger partial charge in [-0.1, -0.05) is 18.2 Å². The molecule has 2 atom stereocenters. The van der Waals surface area contributed by atoms with Crippen LogP contribution in [-0.2, 0) is 6.54 Å². The molecule has 1 N–H and O–H groups in total. The molecule has 3 nitrogen and oxygen atoms in total. The third-order valence-electron chi connectivity index (χ3n) is 4.42. The Labute approximate surface area is 126 Å². The lowest BCUT2D eigenvalue weighted by molar-refractivity contribution is 0.131. The molecule has 1 fully saturated rings. The topological polar surface area (TPSA) is 36.4 Å². The van der Waals surface area contributed by atoms with Gasteiger partial charge in [0, 0.05) is 23.7 Å². The van der Waals surface area contributed by atoms with E-state index in [0.717, 1.165) is 30.7 Å². The Morgan fingerprint density at radius 2 is 2.19 bits per heavy atom. The first-order valence-corrected chi connectivity index (χ1v) is 7.91. The average Bonchev–Trinajstić information content (AvgIpc) is 2.85. The maximum absolute atomic E-state index is 9.68. The number of nitrogens with zero attached hydrogens (tertiary/aromatic N) is 2. The van der Waals surface area contributed by atoms with Gasteiger partial charge in [-0.25, -0.2) is 0 Å². The molecule has 2 unspecified atom stereocenters. The Bertz CT molecular complexity index is 624. The summed E-state index contributed by atoms with van der Waals surface area (Å²) in [6.45, 7) is 6.05. The van der Waals surface area contributed by atoms with Crippen LogP contribution in [0.4, 0.5) is 0 Å². The molecule has 2 heterocycles. The number of hydrogen-bond donors (Lipinski definition) is 1. The Hall–Kier alpha value is -1.45. The molecule has 21 heavy (non-hydrogen) atoms. The summed E-state index contributed by atoms with van der Waals surface area (Å²) >= 11 is 0. The van der Waals surface area contributed by atoms with Crippen molar-refractivity contribution in [2.75, 3.05) is 6.54 Å². The largest absolute Gasteiger partial charge is 0.393 e. The second-order valence-corrected chi connectivity index (χ2v) is 6.29. The summed E-state index contributed by atoms with van der Waals surface area (Å²) in [7, 11) is 0.